The molecular weight excluding hydrogens is 404 g/mol. The molecule has 1 aliphatic rings. The number of benzene rings is 2. The molecule has 30 heavy (non-hydrogen) atoms. The van der Waals surface area contributed by atoms with E-state index in [0.29, 0.717) is 17.3 Å². The molecule has 0 fully saturated rings. The molecule has 0 aliphatic heterocycles. The number of pyridine rings is 1. The molecule has 1 nitrogen and oxygen atoms in total. The minimum absolute atomic E-state index is 0.0643. The van der Waals surface area contributed by atoms with Gasteiger partial charge in [-0.1, -0.05) is 25.1 Å². The molecule has 156 valence electrons. The van der Waals surface area contributed by atoms with E-state index in [1.165, 1.54) is 12.1 Å². The maximum atomic E-state index is 14.3. The van der Waals surface area contributed by atoms with Crippen LogP contribution < -0.4 is 0 Å². The van der Waals surface area contributed by atoms with E-state index in [2.05, 4.69) is 4.98 Å². The van der Waals surface area contributed by atoms with Crippen LogP contribution >= 0.6 is 0 Å². The van der Waals surface area contributed by atoms with Gasteiger partial charge in [0.05, 0.1) is 11.3 Å². The van der Waals surface area contributed by atoms with Crippen LogP contribution in [0.4, 0.5) is 26.3 Å². The van der Waals surface area contributed by atoms with Crippen molar-refractivity contribution in [2.45, 2.75) is 38.0 Å². The van der Waals surface area contributed by atoms with Crippen LogP contribution in [0.2, 0.25) is 0 Å². The largest absolute Gasteiger partial charge is 0.416 e. The number of hydrogen-bond donors (Lipinski definition) is 0. The number of aryl methyl sites for hydroxylation is 1. The Labute approximate surface area is 169 Å². The van der Waals surface area contributed by atoms with Crippen molar-refractivity contribution in [1.82, 2.24) is 4.98 Å². The number of hydrogen-bond acceptors (Lipinski definition) is 1. The second-order valence-corrected chi connectivity index (χ2v) is 7.54. The van der Waals surface area contributed by atoms with Gasteiger partial charge < -0.3 is 0 Å². The third-order valence-electron chi connectivity index (χ3n) is 5.83. The molecule has 1 unspecified atom stereocenters. The maximum Gasteiger partial charge on any atom is 0.416 e. The van der Waals surface area contributed by atoms with Gasteiger partial charge >= 0.3 is 12.4 Å². The lowest BCUT2D eigenvalue weighted by Gasteiger charge is -2.30. The monoisotopic (exact) mass is 421 g/mol. The van der Waals surface area contributed by atoms with Gasteiger partial charge in [0.1, 0.15) is 5.41 Å². The maximum absolute atomic E-state index is 14.3. The predicted octanol–water partition coefficient (Wildman–Crippen LogP) is 7.18. The van der Waals surface area contributed by atoms with Crippen molar-refractivity contribution >= 4 is 0 Å². The van der Waals surface area contributed by atoms with Crippen molar-refractivity contribution in [3.8, 4) is 22.4 Å². The Bertz CT molecular complexity index is 1130. The van der Waals surface area contributed by atoms with Crippen molar-refractivity contribution in [2.75, 3.05) is 0 Å². The van der Waals surface area contributed by atoms with Crippen molar-refractivity contribution < 1.29 is 26.3 Å². The van der Waals surface area contributed by atoms with Crippen LogP contribution in [0.1, 0.15) is 36.1 Å². The fourth-order valence-electron chi connectivity index (χ4n) is 4.02. The molecule has 0 saturated carbocycles. The van der Waals surface area contributed by atoms with Gasteiger partial charge in [-0.15, -0.1) is 0 Å². The van der Waals surface area contributed by atoms with Gasteiger partial charge in [-0.25, -0.2) is 0 Å². The molecule has 7 heteroatoms. The van der Waals surface area contributed by atoms with Gasteiger partial charge in [0, 0.05) is 11.8 Å². The minimum Gasteiger partial charge on any atom is -0.256 e. The van der Waals surface area contributed by atoms with Crippen LogP contribution in [0.25, 0.3) is 22.4 Å². The molecule has 3 aromatic rings. The van der Waals surface area contributed by atoms with Gasteiger partial charge in [-0.05, 0) is 71.5 Å². The molecule has 4 rings (SSSR count). The van der Waals surface area contributed by atoms with E-state index < -0.39 is 23.3 Å². The summed E-state index contributed by atoms with van der Waals surface area (Å²) in [6.07, 6.45) is -7.18. The van der Waals surface area contributed by atoms with E-state index in [1.54, 1.807) is 18.3 Å². The summed E-state index contributed by atoms with van der Waals surface area (Å²) >= 11 is 0. The topological polar surface area (TPSA) is 12.9 Å². The molecule has 1 aliphatic carbocycles. The van der Waals surface area contributed by atoms with Crippen molar-refractivity contribution in [3.05, 3.63) is 77.0 Å². The molecule has 0 saturated heterocycles. The lowest BCUT2D eigenvalue weighted by Crippen LogP contribution is -2.39. The van der Waals surface area contributed by atoms with Crippen molar-refractivity contribution in [2.24, 2.45) is 0 Å². The van der Waals surface area contributed by atoms with Crippen LogP contribution in [-0.4, -0.2) is 11.2 Å². The zero-order valence-electron chi connectivity index (χ0n) is 16.1. The highest BCUT2D eigenvalue weighted by atomic mass is 19.4. The second-order valence-electron chi connectivity index (χ2n) is 7.54. The number of alkyl halides is 6. The summed E-state index contributed by atoms with van der Waals surface area (Å²) in [4.78, 5) is 4.26. The van der Waals surface area contributed by atoms with Crippen molar-refractivity contribution in [1.29, 1.82) is 0 Å². The van der Waals surface area contributed by atoms with Gasteiger partial charge in [0.25, 0.3) is 0 Å². The molecule has 2 aromatic carbocycles. The standard InChI is InChI=1S/C23H17F6N/c1-3-13-8-9-30-20(10-13)14-4-6-16-17-7-5-15(22(24,25)26)12-19(17)21(2,18(16)11-14)23(27,28)29/h4-12H,3H2,1-2H3. The van der Waals surface area contributed by atoms with Gasteiger partial charge in [0.2, 0.25) is 0 Å². The second kappa shape index (κ2) is 6.59. The Morgan fingerprint density at radius 3 is 2.07 bits per heavy atom. The van der Waals surface area contributed by atoms with Gasteiger partial charge in [-0.2, -0.15) is 26.3 Å². The molecule has 0 amide bonds. The first kappa shape index (κ1) is 20.4. The highest BCUT2D eigenvalue weighted by molar-refractivity contribution is 5.84. The highest BCUT2D eigenvalue weighted by Crippen LogP contribution is 2.57. The highest BCUT2D eigenvalue weighted by Gasteiger charge is 2.58. The number of fused-ring (bicyclic) bond motifs is 3. The summed E-state index contributed by atoms with van der Waals surface area (Å²) < 4.78 is 82.5. The smallest absolute Gasteiger partial charge is 0.256 e. The lowest BCUT2D eigenvalue weighted by molar-refractivity contribution is -0.172. The summed E-state index contributed by atoms with van der Waals surface area (Å²) in [6.45, 7) is 2.90. The molecule has 0 spiro atoms. The van der Waals surface area contributed by atoms with E-state index in [9.17, 15) is 26.3 Å². The van der Waals surface area contributed by atoms with Crippen LogP contribution in [0.15, 0.2) is 54.7 Å². The first-order chi connectivity index (χ1) is 14.0. The number of nitrogens with zero attached hydrogens (tertiary/aromatic N) is 1. The average Bonchev–Trinajstić information content (AvgIpc) is 2.96. The van der Waals surface area contributed by atoms with E-state index in [0.717, 1.165) is 31.0 Å². The van der Waals surface area contributed by atoms with E-state index in [4.69, 9.17) is 0 Å². The SMILES string of the molecule is CCc1ccnc(-c2ccc3c(c2)C(C)(C(F)(F)F)c2cc(C(F)(F)F)ccc2-3)c1. The van der Waals surface area contributed by atoms with Gasteiger partial charge in [-0.3, -0.25) is 4.98 Å². The summed E-state index contributed by atoms with van der Waals surface area (Å²) in [5.74, 6) is 0. The third kappa shape index (κ3) is 2.99. The minimum atomic E-state index is -4.78. The Morgan fingerprint density at radius 2 is 1.47 bits per heavy atom. The molecule has 0 N–H and O–H groups in total. The third-order valence-corrected chi connectivity index (χ3v) is 5.83. The van der Waals surface area contributed by atoms with E-state index >= 15 is 0 Å². The van der Waals surface area contributed by atoms with E-state index in [1.807, 2.05) is 13.0 Å². The van der Waals surface area contributed by atoms with Gasteiger partial charge in [0.15, 0.2) is 0 Å². The Balaban J connectivity index is 1.96. The zero-order valence-corrected chi connectivity index (χ0v) is 16.1. The molecule has 1 aromatic heterocycles. The van der Waals surface area contributed by atoms with Crippen LogP contribution in [-0.2, 0) is 18.0 Å². The average molecular weight is 421 g/mol. The zero-order chi connectivity index (χ0) is 21.9. The Morgan fingerprint density at radius 1 is 0.833 bits per heavy atom. The summed E-state index contributed by atoms with van der Waals surface area (Å²) in [5.41, 5.74) is -1.65. The Kier molecular flexibility index (Phi) is 4.49. The summed E-state index contributed by atoms with van der Waals surface area (Å²) in [5, 5.41) is 0. The normalized spacial score (nSPS) is 18.3. The molecule has 0 bridgehead atoms. The van der Waals surface area contributed by atoms with E-state index in [-0.39, 0.29) is 22.3 Å². The quantitative estimate of drug-likeness (QED) is 0.400. The molecule has 0 radical (unpaired) electrons. The summed E-state index contributed by atoms with van der Waals surface area (Å²) in [6, 6.07) is 10.8. The predicted molar refractivity (Wildman–Crippen MR) is 102 cm³/mol. The molecule has 1 heterocycles. The number of aromatic nitrogens is 1. The van der Waals surface area contributed by atoms with Crippen LogP contribution in [0.5, 0.6) is 0 Å². The molecular formula is C23H17F6N. The summed E-state index contributed by atoms with van der Waals surface area (Å²) in [7, 11) is 0. The fourth-order valence-corrected chi connectivity index (χ4v) is 4.02. The fraction of sp³-hybridized carbons (Fsp3) is 0.261. The van der Waals surface area contributed by atoms with Crippen LogP contribution in [0.3, 0.4) is 0 Å². The lowest BCUT2D eigenvalue weighted by atomic mass is 9.78. The Hall–Kier alpha value is -2.83. The molecule has 1 atom stereocenters. The number of halogens is 6. The first-order valence-corrected chi connectivity index (χ1v) is 9.35. The van der Waals surface area contributed by atoms with Crippen LogP contribution in [0, 0.1) is 0 Å². The van der Waals surface area contributed by atoms with Crippen molar-refractivity contribution in [3.63, 3.8) is 0 Å². The first-order valence-electron chi connectivity index (χ1n) is 9.35. The number of rotatable bonds is 2.